The molecule has 2 aromatic heterocycles. The van der Waals surface area contributed by atoms with E-state index in [-0.39, 0.29) is 24.0 Å². The van der Waals surface area contributed by atoms with Crippen LogP contribution in [0.2, 0.25) is 0 Å². The second-order valence-electron chi connectivity index (χ2n) is 9.09. The fraction of sp³-hybridized carbons (Fsp3) is 0.522. The third-order valence-electron chi connectivity index (χ3n) is 7.22. The quantitative estimate of drug-likeness (QED) is 0.610. The molecule has 1 atom stereocenters. The van der Waals surface area contributed by atoms with Gasteiger partial charge in [-0.05, 0) is 32.3 Å². The van der Waals surface area contributed by atoms with E-state index in [1.807, 2.05) is 25.1 Å². The number of piperidine rings is 2. The second kappa shape index (κ2) is 8.08. The molecule has 0 radical (unpaired) electrons. The molecule has 32 heavy (non-hydrogen) atoms. The first kappa shape index (κ1) is 21.3. The third kappa shape index (κ3) is 3.28. The number of para-hydroxylation sites is 1. The molecule has 2 fully saturated rings. The molecule has 3 aliphatic rings. The van der Waals surface area contributed by atoms with Crippen LogP contribution in [0.25, 0.3) is 11.2 Å². The van der Waals surface area contributed by atoms with Gasteiger partial charge in [0, 0.05) is 44.6 Å². The number of H-pyrrole nitrogens is 1. The normalized spacial score (nSPS) is 22.0. The van der Waals surface area contributed by atoms with E-state index < -0.39 is 0 Å². The molecule has 3 N–H and O–H groups in total. The van der Waals surface area contributed by atoms with E-state index in [2.05, 4.69) is 26.1 Å². The highest BCUT2D eigenvalue weighted by molar-refractivity contribution is 5.85. The van der Waals surface area contributed by atoms with Crippen LogP contribution in [-0.2, 0) is 0 Å². The molecule has 3 aliphatic heterocycles. The van der Waals surface area contributed by atoms with Gasteiger partial charge in [0.25, 0.3) is 0 Å². The smallest absolute Gasteiger partial charge is 0.178 e. The first-order valence-corrected chi connectivity index (χ1v) is 11.4. The highest BCUT2D eigenvalue weighted by Crippen LogP contribution is 2.47. The predicted octanol–water partition coefficient (Wildman–Crippen LogP) is 3.50. The van der Waals surface area contributed by atoms with Gasteiger partial charge in [0.1, 0.15) is 11.4 Å². The zero-order valence-corrected chi connectivity index (χ0v) is 19.2. The molecule has 0 bridgehead atoms. The Kier molecular flexibility index (Phi) is 5.37. The number of nitrogens with one attached hydrogen (secondary N) is 1. The number of hydrogen-bond acceptors (Lipinski definition) is 7. The fourth-order valence-electron chi connectivity index (χ4n) is 5.44. The lowest BCUT2D eigenvalue weighted by Gasteiger charge is -2.41. The number of aromatic amines is 1. The predicted molar refractivity (Wildman–Crippen MR) is 128 cm³/mol. The van der Waals surface area contributed by atoms with Gasteiger partial charge in [-0.1, -0.05) is 18.2 Å². The summed E-state index contributed by atoms with van der Waals surface area (Å²) >= 11 is 0. The van der Waals surface area contributed by atoms with E-state index in [4.69, 9.17) is 20.4 Å². The van der Waals surface area contributed by atoms with Crippen LogP contribution in [0.5, 0.6) is 5.75 Å². The van der Waals surface area contributed by atoms with Crippen LogP contribution in [0.1, 0.15) is 49.4 Å². The Hall–Kier alpha value is -2.58. The summed E-state index contributed by atoms with van der Waals surface area (Å²) < 4.78 is 6.39. The van der Waals surface area contributed by atoms with Gasteiger partial charge in [-0.15, -0.1) is 12.4 Å². The summed E-state index contributed by atoms with van der Waals surface area (Å²) in [5.41, 5.74) is 10.0. The third-order valence-corrected chi connectivity index (χ3v) is 7.22. The molecule has 8 nitrogen and oxygen atoms in total. The molecular weight excluding hydrogens is 426 g/mol. The van der Waals surface area contributed by atoms with Gasteiger partial charge in [-0.2, -0.15) is 5.10 Å². The van der Waals surface area contributed by atoms with Gasteiger partial charge < -0.3 is 20.3 Å². The van der Waals surface area contributed by atoms with Crippen molar-refractivity contribution in [3.05, 3.63) is 35.5 Å². The number of rotatable bonds is 2. The molecule has 9 heteroatoms. The van der Waals surface area contributed by atoms with E-state index >= 15 is 0 Å². The van der Waals surface area contributed by atoms with E-state index in [9.17, 15) is 0 Å². The molecule has 170 valence electrons. The van der Waals surface area contributed by atoms with E-state index in [0.717, 1.165) is 78.8 Å². The molecule has 0 amide bonds. The Bertz CT molecular complexity index is 1120. The summed E-state index contributed by atoms with van der Waals surface area (Å²) in [5, 5.41) is 7.68. The van der Waals surface area contributed by atoms with Crippen LogP contribution >= 0.6 is 12.4 Å². The van der Waals surface area contributed by atoms with Gasteiger partial charge in [0.05, 0.1) is 11.7 Å². The van der Waals surface area contributed by atoms with Crippen molar-refractivity contribution in [3.8, 4) is 5.75 Å². The number of benzene rings is 1. The number of nitrogens with two attached hydrogens (primary N) is 1. The number of ether oxygens (including phenoxy) is 1. The minimum Gasteiger partial charge on any atom is -0.485 e. The molecule has 6 rings (SSSR count). The lowest BCUT2D eigenvalue weighted by Crippen LogP contribution is -2.51. The van der Waals surface area contributed by atoms with Crippen LogP contribution in [0.15, 0.2) is 24.3 Å². The minimum absolute atomic E-state index is 0. The van der Waals surface area contributed by atoms with Crippen molar-refractivity contribution in [1.82, 2.24) is 20.2 Å². The average Bonchev–Trinajstić information content (AvgIpc) is 3.33. The van der Waals surface area contributed by atoms with Crippen LogP contribution in [-0.4, -0.2) is 51.9 Å². The lowest BCUT2D eigenvalue weighted by atomic mass is 9.83. The maximum absolute atomic E-state index is 6.63. The lowest BCUT2D eigenvalue weighted by molar-refractivity contribution is 0.0431. The van der Waals surface area contributed by atoms with Crippen molar-refractivity contribution >= 4 is 35.2 Å². The maximum Gasteiger partial charge on any atom is 0.178 e. The molecule has 5 heterocycles. The zero-order chi connectivity index (χ0) is 21.0. The molecule has 0 saturated carbocycles. The topological polar surface area (TPSA) is 96.2 Å². The van der Waals surface area contributed by atoms with Crippen LogP contribution < -0.4 is 20.3 Å². The molecule has 0 aliphatic carbocycles. The molecule has 1 aromatic carbocycles. The van der Waals surface area contributed by atoms with Crippen molar-refractivity contribution in [2.45, 2.75) is 50.7 Å². The Balaban J connectivity index is 0.00000216. The van der Waals surface area contributed by atoms with Gasteiger partial charge in [0.2, 0.25) is 0 Å². The number of fused-ring (bicyclic) bond motifs is 2. The molecule has 3 aromatic rings. The second-order valence-corrected chi connectivity index (χ2v) is 9.09. The van der Waals surface area contributed by atoms with Crippen molar-refractivity contribution in [2.24, 2.45) is 5.73 Å². The Morgan fingerprint density at radius 3 is 2.47 bits per heavy atom. The standard InChI is InChI=1S/C23H29N7O.ClH/c1-15-21(26-20-18(25-15)22(28-27-20)29-11-5-2-6-12-29)30-13-9-23(10-14-30)19(24)16-7-3-4-8-17(16)31-23;/h3-4,7-8,19H,2,5-6,9-14,24H2,1H3,(H,26,27,28);1H/t19-;/m1./s1. The number of halogens is 1. The van der Waals surface area contributed by atoms with Gasteiger partial charge >= 0.3 is 0 Å². The largest absolute Gasteiger partial charge is 0.485 e. The Morgan fingerprint density at radius 1 is 1.00 bits per heavy atom. The van der Waals surface area contributed by atoms with Crippen LogP contribution in [0.3, 0.4) is 0 Å². The SMILES string of the molecule is Cc1nc2c(N3CCCCC3)n[nH]c2nc1N1CCC2(CC1)Oc1ccccc1[C@H]2N.Cl. The van der Waals surface area contributed by atoms with E-state index in [1.165, 1.54) is 19.3 Å². The van der Waals surface area contributed by atoms with Gasteiger partial charge in [-0.25, -0.2) is 9.97 Å². The molecule has 0 unspecified atom stereocenters. The first-order chi connectivity index (χ1) is 15.1. The molecule has 1 spiro atoms. The van der Waals surface area contributed by atoms with Crippen molar-refractivity contribution in [2.75, 3.05) is 36.0 Å². The maximum atomic E-state index is 6.63. The summed E-state index contributed by atoms with van der Waals surface area (Å²) in [4.78, 5) is 14.5. The molecule has 2 saturated heterocycles. The highest BCUT2D eigenvalue weighted by Gasteiger charge is 2.48. The summed E-state index contributed by atoms with van der Waals surface area (Å²) in [7, 11) is 0. The highest BCUT2D eigenvalue weighted by atomic mass is 35.5. The fourth-order valence-corrected chi connectivity index (χ4v) is 5.44. The number of anilines is 2. The minimum atomic E-state index is -0.318. The Labute approximate surface area is 193 Å². The van der Waals surface area contributed by atoms with E-state index in [1.54, 1.807) is 0 Å². The molecular formula is C23H30ClN7O. The zero-order valence-electron chi connectivity index (χ0n) is 18.4. The van der Waals surface area contributed by atoms with Crippen molar-refractivity contribution in [3.63, 3.8) is 0 Å². The Morgan fingerprint density at radius 2 is 1.72 bits per heavy atom. The summed E-state index contributed by atoms with van der Waals surface area (Å²) in [6.07, 6.45) is 5.45. The van der Waals surface area contributed by atoms with Crippen molar-refractivity contribution in [1.29, 1.82) is 0 Å². The number of aryl methyl sites for hydroxylation is 1. The van der Waals surface area contributed by atoms with Gasteiger partial charge in [-0.3, -0.25) is 5.10 Å². The van der Waals surface area contributed by atoms with Crippen LogP contribution in [0.4, 0.5) is 11.6 Å². The number of aromatic nitrogens is 4. The van der Waals surface area contributed by atoms with Crippen LogP contribution in [0, 0.1) is 6.92 Å². The average molecular weight is 456 g/mol. The van der Waals surface area contributed by atoms with E-state index in [0.29, 0.717) is 0 Å². The summed E-state index contributed by atoms with van der Waals surface area (Å²) in [5.74, 6) is 2.81. The first-order valence-electron chi connectivity index (χ1n) is 11.4. The monoisotopic (exact) mass is 455 g/mol. The summed E-state index contributed by atoms with van der Waals surface area (Å²) in [6.45, 7) is 5.82. The number of nitrogens with zero attached hydrogens (tertiary/aromatic N) is 5. The number of hydrogen-bond donors (Lipinski definition) is 2. The van der Waals surface area contributed by atoms with Crippen molar-refractivity contribution < 1.29 is 4.74 Å². The summed E-state index contributed by atoms with van der Waals surface area (Å²) in [6, 6.07) is 8.07. The van der Waals surface area contributed by atoms with Gasteiger partial charge in [0.15, 0.2) is 22.8 Å².